The number of nitrogens with two attached hydrogens (primary N) is 1. The van der Waals surface area contributed by atoms with E-state index in [1.807, 2.05) is 25.1 Å². The fourth-order valence-corrected chi connectivity index (χ4v) is 3.56. The van der Waals surface area contributed by atoms with Crippen molar-refractivity contribution in [3.05, 3.63) is 35.9 Å². The number of hydrogen-bond donors (Lipinski definition) is 2. The summed E-state index contributed by atoms with van der Waals surface area (Å²) in [7, 11) is 0. The first kappa shape index (κ1) is 18.1. The molecular formula is C17H27NO2S. The van der Waals surface area contributed by atoms with Crippen molar-refractivity contribution in [1.29, 1.82) is 0 Å². The lowest BCUT2D eigenvalue weighted by Crippen LogP contribution is -2.48. The zero-order valence-corrected chi connectivity index (χ0v) is 13.9. The van der Waals surface area contributed by atoms with Gasteiger partial charge in [-0.2, -0.15) is 0 Å². The molecule has 0 fully saturated rings. The van der Waals surface area contributed by atoms with E-state index < -0.39 is 16.8 Å². The van der Waals surface area contributed by atoms with Crippen LogP contribution >= 0.6 is 11.8 Å². The predicted octanol–water partition coefficient (Wildman–Crippen LogP) is 4.06. The van der Waals surface area contributed by atoms with Crippen LogP contribution in [0, 0.1) is 0 Å². The summed E-state index contributed by atoms with van der Waals surface area (Å²) in [5, 5.41) is 9.28. The van der Waals surface area contributed by atoms with E-state index in [1.165, 1.54) is 18.4 Å². The lowest BCUT2D eigenvalue weighted by molar-refractivity contribution is -0.139. The number of carboxylic acids is 1. The van der Waals surface area contributed by atoms with E-state index in [4.69, 9.17) is 5.73 Å². The molecule has 0 amide bonds. The molecular weight excluding hydrogens is 282 g/mol. The summed E-state index contributed by atoms with van der Waals surface area (Å²) in [6.07, 6.45) is 5.40. The molecule has 0 bridgehead atoms. The molecule has 0 radical (unpaired) electrons. The normalized spacial score (nSPS) is 15.4. The van der Waals surface area contributed by atoms with Crippen molar-refractivity contribution in [2.45, 2.75) is 62.5 Å². The second-order valence-corrected chi connectivity index (χ2v) is 7.22. The number of aliphatic carboxylic acids is 1. The quantitative estimate of drug-likeness (QED) is 0.640. The molecule has 0 aromatic heterocycles. The van der Waals surface area contributed by atoms with Crippen molar-refractivity contribution < 1.29 is 9.90 Å². The van der Waals surface area contributed by atoms with Gasteiger partial charge in [0.2, 0.25) is 0 Å². The highest BCUT2D eigenvalue weighted by Gasteiger charge is 2.36. The van der Waals surface area contributed by atoms with E-state index in [-0.39, 0.29) is 0 Å². The Balaban J connectivity index is 2.64. The minimum atomic E-state index is -0.909. The van der Waals surface area contributed by atoms with Crippen LogP contribution in [0.2, 0.25) is 0 Å². The third-order valence-corrected chi connectivity index (χ3v) is 5.46. The zero-order valence-electron chi connectivity index (χ0n) is 13.0. The van der Waals surface area contributed by atoms with Crippen LogP contribution in [-0.4, -0.2) is 21.9 Å². The molecule has 0 spiro atoms. The molecule has 1 aromatic rings. The fraction of sp³-hybridized carbons (Fsp3) is 0.588. The van der Waals surface area contributed by atoms with Crippen molar-refractivity contribution in [3.8, 4) is 0 Å². The SMILES string of the molecule is CCCCCCC(C)(SCc1ccccc1)C(N)C(=O)O. The van der Waals surface area contributed by atoms with Crippen LogP contribution in [-0.2, 0) is 10.5 Å². The Morgan fingerprint density at radius 3 is 2.52 bits per heavy atom. The summed E-state index contributed by atoms with van der Waals surface area (Å²) in [4.78, 5) is 11.3. The van der Waals surface area contributed by atoms with Gasteiger partial charge in [0, 0.05) is 10.5 Å². The average molecular weight is 309 g/mol. The number of rotatable bonds is 10. The Morgan fingerprint density at radius 1 is 1.29 bits per heavy atom. The number of thioether (sulfide) groups is 1. The Hall–Kier alpha value is -1.00. The summed E-state index contributed by atoms with van der Waals surface area (Å²) < 4.78 is -0.421. The van der Waals surface area contributed by atoms with E-state index >= 15 is 0 Å². The highest BCUT2D eigenvalue weighted by molar-refractivity contribution is 8.00. The lowest BCUT2D eigenvalue weighted by atomic mass is 9.94. The van der Waals surface area contributed by atoms with Crippen molar-refractivity contribution in [1.82, 2.24) is 0 Å². The fourth-order valence-electron chi connectivity index (χ4n) is 2.30. The topological polar surface area (TPSA) is 63.3 Å². The van der Waals surface area contributed by atoms with Crippen LogP contribution in [0.4, 0.5) is 0 Å². The molecule has 3 nitrogen and oxygen atoms in total. The maximum atomic E-state index is 11.3. The molecule has 1 rings (SSSR count). The highest BCUT2D eigenvalue weighted by atomic mass is 32.2. The number of carboxylic acid groups (broad SMARTS) is 1. The van der Waals surface area contributed by atoms with Gasteiger partial charge in [-0.25, -0.2) is 0 Å². The number of unbranched alkanes of at least 4 members (excludes halogenated alkanes) is 3. The van der Waals surface area contributed by atoms with Crippen LogP contribution in [0.5, 0.6) is 0 Å². The number of carbonyl (C=O) groups is 1. The Kier molecular flexibility index (Phi) is 7.83. The van der Waals surface area contributed by atoms with Crippen molar-refractivity contribution in [3.63, 3.8) is 0 Å². The summed E-state index contributed by atoms with van der Waals surface area (Å²) >= 11 is 1.67. The van der Waals surface area contributed by atoms with Gasteiger partial charge in [-0.3, -0.25) is 4.79 Å². The first-order valence-corrected chi connectivity index (χ1v) is 8.64. The third kappa shape index (κ3) is 6.10. The van der Waals surface area contributed by atoms with Gasteiger partial charge in [0.15, 0.2) is 0 Å². The molecule has 3 N–H and O–H groups in total. The minimum absolute atomic E-state index is 0.421. The molecule has 0 saturated heterocycles. The van der Waals surface area contributed by atoms with E-state index in [0.717, 1.165) is 25.0 Å². The molecule has 4 heteroatoms. The molecule has 0 saturated carbocycles. The Morgan fingerprint density at radius 2 is 1.95 bits per heavy atom. The number of hydrogen-bond acceptors (Lipinski definition) is 3. The van der Waals surface area contributed by atoms with E-state index in [0.29, 0.717) is 0 Å². The lowest BCUT2D eigenvalue weighted by Gasteiger charge is -2.32. The first-order chi connectivity index (χ1) is 9.99. The largest absolute Gasteiger partial charge is 0.480 e. The third-order valence-electron chi connectivity index (χ3n) is 3.86. The smallest absolute Gasteiger partial charge is 0.321 e. The molecule has 0 heterocycles. The maximum absolute atomic E-state index is 11.3. The van der Waals surface area contributed by atoms with Crippen LogP contribution in [0.25, 0.3) is 0 Å². The second-order valence-electron chi connectivity index (χ2n) is 5.71. The van der Waals surface area contributed by atoms with Crippen LogP contribution < -0.4 is 5.73 Å². The van der Waals surface area contributed by atoms with Gasteiger partial charge in [-0.15, -0.1) is 11.8 Å². The van der Waals surface area contributed by atoms with Crippen LogP contribution in [0.3, 0.4) is 0 Å². The molecule has 0 aliphatic heterocycles. The molecule has 118 valence electrons. The Labute approximate surface area is 132 Å². The summed E-state index contributed by atoms with van der Waals surface area (Å²) in [5.41, 5.74) is 7.16. The van der Waals surface area contributed by atoms with Crippen LogP contribution in [0.1, 0.15) is 51.5 Å². The van der Waals surface area contributed by atoms with E-state index in [1.54, 1.807) is 11.8 Å². The molecule has 2 atom stereocenters. The predicted molar refractivity (Wildman–Crippen MR) is 90.5 cm³/mol. The van der Waals surface area contributed by atoms with Crippen molar-refractivity contribution in [2.24, 2.45) is 5.73 Å². The van der Waals surface area contributed by atoms with E-state index in [2.05, 4.69) is 19.1 Å². The molecule has 0 aliphatic rings. The van der Waals surface area contributed by atoms with Gasteiger partial charge in [0.1, 0.15) is 6.04 Å². The van der Waals surface area contributed by atoms with Gasteiger partial charge in [0.05, 0.1) is 0 Å². The van der Waals surface area contributed by atoms with Crippen molar-refractivity contribution >= 4 is 17.7 Å². The van der Waals surface area contributed by atoms with Gasteiger partial charge in [0.25, 0.3) is 0 Å². The van der Waals surface area contributed by atoms with E-state index in [9.17, 15) is 9.90 Å². The second kappa shape index (κ2) is 9.11. The highest BCUT2D eigenvalue weighted by Crippen LogP contribution is 2.36. The minimum Gasteiger partial charge on any atom is -0.480 e. The molecule has 21 heavy (non-hydrogen) atoms. The van der Waals surface area contributed by atoms with Gasteiger partial charge in [-0.05, 0) is 18.9 Å². The average Bonchev–Trinajstić information content (AvgIpc) is 2.50. The maximum Gasteiger partial charge on any atom is 0.321 e. The van der Waals surface area contributed by atoms with Gasteiger partial charge in [-0.1, -0.05) is 62.9 Å². The van der Waals surface area contributed by atoms with Gasteiger partial charge >= 0.3 is 5.97 Å². The van der Waals surface area contributed by atoms with Crippen molar-refractivity contribution in [2.75, 3.05) is 0 Å². The first-order valence-electron chi connectivity index (χ1n) is 7.66. The Bertz CT molecular complexity index is 424. The standard InChI is InChI=1S/C17H27NO2S/c1-3-4-5-9-12-17(2,15(18)16(19)20)21-13-14-10-7-6-8-11-14/h6-8,10-11,15H,3-5,9,12-13,18H2,1-2H3,(H,19,20). The molecule has 2 unspecified atom stereocenters. The molecule has 1 aromatic carbocycles. The molecule has 0 aliphatic carbocycles. The number of benzene rings is 1. The zero-order chi connectivity index (χ0) is 15.7. The van der Waals surface area contributed by atoms with Crippen LogP contribution in [0.15, 0.2) is 30.3 Å². The summed E-state index contributed by atoms with van der Waals surface area (Å²) in [6, 6.07) is 9.30. The monoisotopic (exact) mass is 309 g/mol. The van der Waals surface area contributed by atoms with Gasteiger partial charge < -0.3 is 10.8 Å². The summed E-state index contributed by atoms with van der Waals surface area (Å²) in [6.45, 7) is 4.16. The summed E-state index contributed by atoms with van der Waals surface area (Å²) in [5.74, 6) is -0.111.